The zero-order valence-electron chi connectivity index (χ0n) is 14.0. The Hall–Kier alpha value is -2.61. The maximum Gasteiger partial charge on any atom is 0.285 e. The minimum Gasteiger partial charge on any atom is -0.496 e. The first-order chi connectivity index (χ1) is 11.0. The highest BCUT2D eigenvalue weighted by Gasteiger charge is 2.15. The van der Waals surface area contributed by atoms with Crippen LogP contribution in [-0.4, -0.2) is 16.9 Å². The lowest BCUT2D eigenvalue weighted by Gasteiger charge is -2.13. The minimum absolute atomic E-state index is 0.213. The molecule has 0 aliphatic carbocycles. The van der Waals surface area contributed by atoms with Gasteiger partial charge in [-0.3, -0.25) is 4.79 Å². The van der Waals surface area contributed by atoms with Crippen LogP contribution in [0.5, 0.6) is 5.75 Å². The fraction of sp³-hybridized carbons (Fsp3) is 0.389. The van der Waals surface area contributed by atoms with Crippen LogP contribution < -0.4 is 10.3 Å². The summed E-state index contributed by atoms with van der Waals surface area (Å²) in [5.41, 5.74) is 3.42. The Kier molecular flexibility index (Phi) is 5.17. The Morgan fingerprint density at radius 3 is 2.57 bits per heavy atom. The van der Waals surface area contributed by atoms with Crippen molar-refractivity contribution in [1.29, 1.82) is 5.26 Å². The van der Waals surface area contributed by atoms with Gasteiger partial charge in [0.2, 0.25) is 0 Å². The highest BCUT2D eigenvalue weighted by atomic mass is 16.5. The van der Waals surface area contributed by atoms with Crippen molar-refractivity contribution in [2.75, 3.05) is 7.11 Å². The highest BCUT2D eigenvalue weighted by Crippen LogP contribution is 2.19. The molecule has 0 atom stereocenters. The van der Waals surface area contributed by atoms with E-state index in [0.717, 1.165) is 28.1 Å². The summed E-state index contributed by atoms with van der Waals surface area (Å²) in [7, 11) is 1.63. The van der Waals surface area contributed by atoms with Crippen LogP contribution in [0.1, 0.15) is 41.8 Å². The molecule has 5 nitrogen and oxygen atoms in total. The quantitative estimate of drug-likeness (QED) is 0.851. The van der Waals surface area contributed by atoms with Crippen LogP contribution in [0.25, 0.3) is 0 Å². The Bertz CT molecular complexity index is 816. The van der Waals surface area contributed by atoms with E-state index < -0.39 is 0 Å². The van der Waals surface area contributed by atoms with Gasteiger partial charge in [-0.1, -0.05) is 26.0 Å². The molecule has 2 aromatic rings. The van der Waals surface area contributed by atoms with E-state index in [1.165, 1.54) is 4.68 Å². The summed E-state index contributed by atoms with van der Waals surface area (Å²) < 4.78 is 6.64. The highest BCUT2D eigenvalue weighted by molar-refractivity contribution is 5.39. The summed E-state index contributed by atoms with van der Waals surface area (Å²) >= 11 is 0. The molecule has 0 aliphatic heterocycles. The van der Waals surface area contributed by atoms with Crippen molar-refractivity contribution in [2.24, 2.45) is 0 Å². The number of nitriles is 1. The number of hydrogen-bond donors (Lipinski definition) is 0. The molecule has 0 saturated carbocycles. The molecule has 23 heavy (non-hydrogen) atoms. The summed E-state index contributed by atoms with van der Waals surface area (Å²) in [5.74, 6) is 0.808. The van der Waals surface area contributed by atoms with Gasteiger partial charge in [-0.2, -0.15) is 10.4 Å². The SMILES string of the molecule is CCc1nn(Cc2ccc(OC)c(C)c2)c(=O)c(C#N)c1CC. The third-order valence-corrected chi connectivity index (χ3v) is 3.93. The molecule has 1 aromatic heterocycles. The number of ether oxygens (including phenoxy) is 1. The van der Waals surface area contributed by atoms with Crippen molar-refractivity contribution in [3.05, 3.63) is 56.5 Å². The van der Waals surface area contributed by atoms with E-state index >= 15 is 0 Å². The predicted molar refractivity (Wildman–Crippen MR) is 88.8 cm³/mol. The molecule has 0 spiro atoms. The Morgan fingerprint density at radius 1 is 1.30 bits per heavy atom. The number of nitrogens with zero attached hydrogens (tertiary/aromatic N) is 3. The van der Waals surface area contributed by atoms with Gasteiger partial charge < -0.3 is 4.74 Å². The topological polar surface area (TPSA) is 67.9 Å². The van der Waals surface area contributed by atoms with Crippen LogP contribution in [0.15, 0.2) is 23.0 Å². The van der Waals surface area contributed by atoms with Crippen molar-refractivity contribution in [2.45, 2.75) is 40.2 Å². The maximum absolute atomic E-state index is 12.5. The second-order valence-electron chi connectivity index (χ2n) is 5.39. The van der Waals surface area contributed by atoms with Crippen LogP contribution in [-0.2, 0) is 19.4 Å². The molecule has 0 amide bonds. The summed E-state index contributed by atoms with van der Waals surface area (Å²) in [4.78, 5) is 12.5. The van der Waals surface area contributed by atoms with Crippen LogP contribution in [0.3, 0.4) is 0 Å². The van der Waals surface area contributed by atoms with Gasteiger partial charge in [0.25, 0.3) is 5.56 Å². The minimum atomic E-state index is -0.324. The lowest BCUT2D eigenvalue weighted by atomic mass is 10.0. The monoisotopic (exact) mass is 311 g/mol. The number of hydrogen-bond acceptors (Lipinski definition) is 4. The first-order valence-electron chi connectivity index (χ1n) is 7.72. The molecule has 120 valence electrons. The molecule has 0 saturated heterocycles. The fourth-order valence-corrected chi connectivity index (χ4v) is 2.75. The molecule has 1 heterocycles. The number of rotatable bonds is 5. The molecule has 0 aliphatic rings. The second-order valence-corrected chi connectivity index (χ2v) is 5.39. The van der Waals surface area contributed by atoms with Gasteiger partial charge in [0.1, 0.15) is 17.4 Å². The van der Waals surface area contributed by atoms with Gasteiger partial charge in [0, 0.05) is 0 Å². The van der Waals surface area contributed by atoms with Crippen molar-refractivity contribution in [3.8, 4) is 11.8 Å². The maximum atomic E-state index is 12.5. The van der Waals surface area contributed by atoms with Gasteiger partial charge in [-0.25, -0.2) is 4.68 Å². The predicted octanol–water partition coefficient (Wildman–Crippen LogP) is 2.61. The molecule has 0 N–H and O–H groups in total. The molecule has 0 bridgehead atoms. The van der Waals surface area contributed by atoms with Crippen LogP contribution >= 0.6 is 0 Å². The van der Waals surface area contributed by atoms with Crippen molar-refractivity contribution in [1.82, 2.24) is 9.78 Å². The van der Waals surface area contributed by atoms with Gasteiger partial charge >= 0.3 is 0 Å². The zero-order chi connectivity index (χ0) is 17.0. The molecular weight excluding hydrogens is 290 g/mol. The smallest absolute Gasteiger partial charge is 0.285 e. The first kappa shape index (κ1) is 16.8. The van der Waals surface area contributed by atoms with Crippen LogP contribution in [0.2, 0.25) is 0 Å². The summed E-state index contributed by atoms with van der Waals surface area (Å²) in [6.07, 6.45) is 1.33. The Balaban J connectivity index is 2.50. The molecule has 1 aromatic carbocycles. The second kappa shape index (κ2) is 7.10. The van der Waals surface area contributed by atoms with Crippen LogP contribution in [0, 0.1) is 18.3 Å². The Morgan fingerprint density at radius 2 is 2.04 bits per heavy atom. The van der Waals surface area contributed by atoms with Gasteiger partial charge in [-0.05, 0) is 42.5 Å². The van der Waals surface area contributed by atoms with E-state index in [2.05, 4.69) is 11.2 Å². The number of aromatic nitrogens is 2. The lowest BCUT2D eigenvalue weighted by molar-refractivity contribution is 0.411. The van der Waals surface area contributed by atoms with E-state index in [4.69, 9.17) is 4.74 Å². The van der Waals surface area contributed by atoms with Crippen molar-refractivity contribution in [3.63, 3.8) is 0 Å². The van der Waals surface area contributed by atoms with Crippen molar-refractivity contribution < 1.29 is 4.74 Å². The van der Waals surface area contributed by atoms with Gasteiger partial charge in [0.15, 0.2) is 0 Å². The summed E-state index contributed by atoms with van der Waals surface area (Å²) in [6, 6.07) is 7.81. The first-order valence-corrected chi connectivity index (χ1v) is 7.72. The normalized spacial score (nSPS) is 10.4. The average molecular weight is 311 g/mol. The van der Waals surface area contributed by atoms with E-state index in [1.807, 2.05) is 39.0 Å². The van der Waals surface area contributed by atoms with E-state index in [0.29, 0.717) is 19.4 Å². The van der Waals surface area contributed by atoms with E-state index in [-0.39, 0.29) is 11.1 Å². The molecule has 5 heteroatoms. The Labute approximate surface area is 136 Å². The van der Waals surface area contributed by atoms with Crippen molar-refractivity contribution >= 4 is 0 Å². The largest absolute Gasteiger partial charge is 0.496 e. The molecule has 2 rings (SSSR count). The van der Waals surface area contributed by atoms with E-state index in [9.17, 15) is 10.1 Å². The standard InChI is InChI=1S/C18H21N3O2/c1-5-14-15(10-19)18(22)21(20-16(14)6-2)11-13-7-8-17(23-4)12(3)9-13/h7-9H,5-6,11H2,1-4H3. The molecule has 0 radical (unpaired) electrons. The number of methoxy groups -OCH3 is 1. The summed E-state index contributed by atoms with van der Waals surface area (Å²) in [6.45, 7) is 6.22. The fourth-order valence-electron chi connectivity index (χ4n) is 2.75. The number of aryl methyl sites for hydroxylation is 2. The van der Waals surface area contributed by atoms with Gasteiger partial charge in [-0.15, -0.1) is 0 Å². The van der Waals surface area contributed by atoms with Gasteiger partial charge in [0.05, 0.1) is 19.3 Å². The van der Waals surface area contributed by atoms with Crippen LogP contribution in [0.4, 0.5) is 0 Å². The molecule has 0 fully saturated rings. The lowest BCUT2D eigenvalue weighted by Crippen LogP contribution is -2.29. The average Bonchev–Trinajstić information content (AvgIpc) is 2.56. The molecular formula is C18H21N3O2. The third-order valence-electron chi connectivity index (χ3n) is 3.93. The summed E-state index contributed by atoms with van der Waals surface area (Å²) in [5, 5.41) is 13.8. The third kappa shape index (κ3) is 3.26. The zero-order valence-corrected chi connectivity index (χ0v) is 14.0. The molecule has 0 unspecified atom stereocenters. The number of benzene rings is 1. The van der Waals surface area contributed by atoms with E-state index in [1.54, 1.807) is 7.11 Å².